The van der Waals surface area contributed by atoms with Gasteiger partial charge in [0, 0.05) is 24.6 Å². The van der Waals surface area contributed by atoms with Crippen molar-refractivity contribution in [2.75, 3.05) is 0 Å². The fraction of sp³-hybridized carbons (Fsp3) is 0.0833. The summed E-state index contributed by atoms with van der Waals surface area (Å²) in [6.45, 7) is 1.81. The first-order chi connectivity index (χ1) is 11.3. The first-order valence-electron chi connectivity index (χ1n) is 9.33. The quantitative estimate of drug-likeness (QED) is 0.485. The summed E-state index contributed by atoms with van der Waals surface area (Å²) < 4.78 is 0. The number of hydrogen-bond donors (Lipinski definition) is 0. The van der Waals surface area contributed by atoms with Crippen LogP contribution >= 0.6 is 0 Å². The highest BCUT2D eigenvalue weighted by molar-refractivity contribution is 7.71. The van der Waals surface area contributed by atoms with Crippen molar-refractivity contribution in [1.82, 2.24) is 4.98 Å². The van der Waals surface area contributed by atoms with Crippen LogP contribution in [-0.4, -0.2) is 85.0 Å². The van der Waals surface area contributed by atoms with Gasteiger partial charge in [0.2, 0.25) is 0 Å². The summed E-state index contributed by atoms with van der Waals surface area (Å²) in [7, 11) is 16.7. The Morgan fingerprint density at radius 2 is 1.33 bits per heavy atom. The van der Waals surface area contributed by atoms with E-state index in [4.69, 9.17) is 0 Å². The number of rotatable bonds is 6. The molecule has 0 unspecified atom stereocenters. The molecule has 1 nitrogen and oxygen atoms in total. The van der Waals surface area contributed by atoms with Crippen molar-refractivity contribution in [3.63, 3.8) is 0 Å². The lowest BCUT2D eigenvalue weighted by Crippen LogP contribution is -2.71. The Hall–Kier alpha value is -0.916. The van der Waals surface area contributed by atoms with Crippen molar-refractivity contribution in [2.45, 2.75) is 5.11 Å². The van der Waals surface area contributed by atoms with Gasteiger partial charge in [0.25, 0.3) is 0 Å². The van der Waals surface area contributed by atoms with Gasteiger partial charge in [-0.2, -0.15) is 0 Å². The third-order valence-electron chi connectivity index (χ3n) is 6.01. The Kier molecular flexibility index (Phi) is 6.45. The second-order valence-electron chi connectivity index (χ2n) is 8.07. The van der Waals surface area contributed by atoms with Crippen LogP contribution in [0.4, 0.5) is 0 Å². The molecule has 0 bridgehead atoms. The molecule has 24 heavy (non-hydrogen) atoms. The lowest BCUT2D eigenvalue weighted by atomic mass is 8.70. The molecule has 12 heteroatoms. The Morgan fingerprint density at radius 3 is 1.75 bits per heavy atom. The highest BCUT2D eigenvalue weighted by atomic mass is 14.7. The van der Waals surface area contributed by atoms with Gasteiger partial charge in [-0.15, -0.1) is 5.11 Å². The summed E-state index contributed by atoms with van der Waals surface area (Å²) in [6.07, 6.45) is 2.52. The minimum Gasteiger partial charge on any atom is -0.256 e. The molecular weight excluding hydrogens is 277 g/mol. The average Bonchev–Trinajstić information content (AvgIpc) is 2.56. The molecule has 2 rings (SSSR count). The molecule has 1 heterocycles. The highest BCUT2D eigenvalue weighted by Crippen LogP contribution is 2.30. The van der Waals surface area contributed by atoms with Gasteiger partial charge in [-0.05, 0) is 12.1 Å². The van der Waals surface area contributed by atoms with Crippen LogP contribution in [0.1, 0.15) is 5.56 Å². The van der Waals surface area contributed by atoms with Gasteiger partial charge in [-0.1, -0.05) is 35.9 Å². The van der Waals surface area contributed by atoms with Crippen LogP contribution in [0, 0.1) is 0 Å². The summed E-state index contributed by atoms with van der Waals surface area (Å²) in [5, 5.41) is 0.191. The molecule has 108 valence electrons. The number of hydrogen-bond acceptors (Lipinski definition) is 1. The molecule has 0 saturated carbocycles. The third-order valence-corrected chi connectivity index (χ3v) is 6.01. The van der Waals surface area contributed by atoms with Crippen molar-refractivity contribution in [3.05, 3.63) is 54.2 Å². The largest absolute Gasteiger partial charge is 0.256 e. The molecule has 0 amide bonds. The van der Waals surface area contributed by atoms with Gasteiger partial charge >= 0.3 is 0 Å². The monoisotopic (exact) mass is 301 g/mol. The van der Waals surface area contributed by atoms with Crippen LogP contribution < -0.4 is 0 Å². The van der Waals surface area contributed by atoms with E-state index in [1.165, 1.54) is 11.1 Å². The second kappa shape index (κ2) is 7.98. The number of pyridine rings is 1. The van der Waals surface area contributed by atoms with E-state index >= 15 is 0 Å². The van der Waals surface area contributed by atoms with E-state index in [0.29, 0.717) is 25.9 Å². The minimum atomic E-state index is 0.191. The zero-order valence-corrected chi connectivity index (χ0v) is 16.4. The van der Waals surface area contributed by atoms with Gasteiger partial charge in [-0.25, -0.2) is 0 Å². The molecule has 0 aliphatic carbocycles. The van der Waals surface area contributed by atoms with E-state index in [0.717, 1.165) is 5.69 Å². The van der Waals surface area contributed by atoms with Crippen molar-refractivity contribution in [3.8, 4) is 11.3 Å². The second-order valence-corrected chi connectivity index (χ2v) is 8.07. The summed E-state index contributed by atoms with van der Waals surface area (Å²) in [5.74, 6) is 0. The fourth-order valence-electron chi connectivity index (χ4n) is 4.66. The molecule has 2 aromatic rings. The maximum Gasteiger partial charge on any atom is 0.0701 e. The minimum absolute atomic E-state index is 0.191. The molecule has 0 spiro atoms. The average molecular weight is 299 g/mol. The molecular formula is C12H22B11N. The lowest BCUT2D eigenvalue weighted by molar-refractivity contribution is 1.19. The molecule has 0 radical (unpaired) electrons. The van der Waals surface area contributed by atoms with Crippen molar-refractivity contribution < 1.29 is 0 Å². The molecule has 0 N–H and O–H groups in total. The van der Waals surface area contributed by atoms with E-state index < -0.39 is 0 Å². The maximum atomic E-state index is 4.47. The van der Waals surface area contributed by atoms with Gasteiger partial charge in [0.15, 0.2) is 0 Å². The Bertz CT molecular complexity index is 638. The van der Waals surface area contributed by atoms with Crippen LogP contribution in [0.25, 0.3) is 11.3 Å². The molecule has 1 aromatic heterocycles. The van der Waals surface area contributed by atoms with E-state index in [-0.39, 0.29) is 5.11 Å². The first-order valence-corrected chi connectivity index (χ1v) is 9.33. The Labute approximate surface area is 155 Å². The van der Waals surface area contributed by atoms with Crippen molar-refractivity contribution in [2.24, 2.45) is 0 Å². The van der Waals surface area contributed by atoms with Crippen molar-refractivity contribution in [1.29, 1.82) is 0 Å². The zero-order chi connectivity index (χ0) is 17.9. The summed E-state index contributed by atoms with van der Waals surface area (Å²) in [5.41, 5.74) is 3.70. The molecule has 0 aliphatic heterocycles. The van der Waals surface area contributed by atoms with Crippen LogP contribution in [0.3, 0.4) is 0 Å². The summed E-state index contributed by atoms with van der Waals surface area (Å²) in [4.78, 5) is 4.47. The maximum absolute atomic E-state index is 4.47. The van der Waals surface area contributed by atoms with E-state index in [2.05, 4.69) is 89.5 Å². The van der Waals surface area contributed by atoms with Crippen LogP contribution in [-0.2, 0) is 5.11 Å². The topological polar surface area (TPSA) is 12.9 Å². The lowest BCUT2D eigenvalue weighted by Gasteiger charge is -2.47. The molecule has 0 atom stereocenters. The molecule has 0 aliphatic rings. The van der Waals surface area contributed by atoms with Gasteiger partial charge in [0.1, 0.15) is 0 Å². The van der Waals surface area contributed by atoms with Crippen LogP contribution in [0.2, 0.25) is 0 Å². The van der Waals surface area contributed by atoms with E-state index in [1.807, 2.05) is 18.3 Å². The van der Waals surface area contributed by atoms with E-state index in [1.54, 1.807) is 0 Å². The molecule has 1 aromatic carbocycles. The Morgan fingerprint density at radius 1 is 0.750 bits per heavy atom. The van der Waals surface area contributed by atoms with Crippen LogP contribution in [0.5, 0.6) is 0 Å². The summed E-state index contributed by atoms with van der Waals surface area (Å²) in [6, 6.07) is 15.2. The standard InChI is InChI=1S/C12H22B11N/c13-20(14)12(21(15)16,22(17)23(18)19)10-6-4-9(5-7-10)11-3-1-2-8-24-11/h1-8H,13-19H2. The fourth-order valence-corrected chi connectivity index (χ4v) is 4.66. The Balaban J connectivity index is 2.51. The third kappa shape index (κ3) is 3.53. The van der Waals surface area contributed by atoms with Crippen molar-refractivity contribution >= 4 is 80.0 Å². The van der Waals surface area contributed by atoms with Gasteiger partial charge in [0.05, 0.1) is 72.8 Å². The number of nitrogens with zero attached hydrogens (tertiary/aromatic N) is 1. The molecule has 0 fully saturated rings. The van der Waals surface area contributed by atoms with Gasteiger partial charge < -0.3 is 0 Å². The van der Waals surface area contributed by atoms with E-state index in [9.17, 15) is 0 Å². The highest BCUT2D eigenvalue weighted by Gasteiger charge is 2.46. The SMILES string of the molecule is BB(B)B(B)C(B(B)B)(B(B)B)c1ccc(-c2ccccn2)cc1. The first kappa shape index (κ1) is 19.4. The normalized spacial score (nSPS) is 10.8. The predicted octanol–water partition coefficient (Wildman–Crippen LogP) is -5.43. The molecule has 0 saturated heterocycles. The van der Waals surface area contributed by atoms with Gasteiger partial charge in [-0.3, -0.25) is 4.98 Å². The predicted molar refractivity (Wildman–Crippen MR) is 134 cm³/mol. The number of aromatic nitrogens is 1. The van der Waals surface area contributed by atoms with Crippen LogP contribution in [0.15, 0.2) is 48.7 Å². The smallest absolute Gasteiger partial charge is 0.0701 e. The number of benzene rings is 1. The summed E-state index contributed by atoms with van der Waals surface area (Å²) >= 11 is 0. The zero-order valence-electron chi connectivity index (χ0n) is 16.4.